The zero-order valence-corrected chi connectivity index (χ0v) is 12.7. The van der Waals surface area contributed by atoms with Gasteiger partial charge in [0.05, 0.1) is 19.3 Å². The van der Waals surface area contributed by atoms with Crippen LogP contribution >= 0.6 is 15.9 Å². The Morgan fingerprint density at radius 1 is 1.17 bits per heavy atom. The van der Waals surface area contributed by atoms with Gasteiger partial charge in [-0.1, -0.05) is 35.0 Å². The van der Waals surface area contributed by atoms with Gasteiger partial charge in [0.25, 0.3) is 0 Å². The summed E-state index contributed by atoms with van der Waals surface area (Å²) < 4.78 is 12.2. The zero-order valence-electron chi connectivity index (χ0n) is 11.1. The Balaban J connectivity index is 2.63. The van der Waals surface area contributed by atoms with E-state index in [0.29, 0.717) is 19.8 Å². The lowest BCUT2D eigenvalue weighted by atomic mass is 10.0. The van der Waals surface area contributed by atoms with Gasteiger partial charge in [-0.3, -0.25) is 0 Å². The van der Waals surface area contributed by atoms with E-state index in [-0.39, 0.29) is 12.1 Å². The van der Waals surface area contributed by atoms with Gasteiger partial charge in [-0.2, -0.15) is 0 Å². The topological polar surface area (TPSA) is 44.5 Å². The van der Waals surface area contributed by atoms with E-state index in [1.54, 1.807) is 0 Å². The summed E-state index contributed by atoms with van der Waals surface area (Å²) in [6.45, 7) is 5.95. The monoisotopic (exact) mass is 315 g/mol. The van der Waals surface area contributed by atoms with Crippen molar-refractivity contribution in [2.75, 3.05) is 19.8 Å². The second-order valence-corrected chi connectivity index (χ2v) is 5.03. The molecule has 0 aliphatic carbocycles. The van der Waals surface area contributed by atoms with Crippen LogP contribution in [-0.2, 0) is 9.47 Å². The van der Waals surface area contributed by atoms with Crippen molar-refractivity contribution in [1.29, 1.82) is 0 Å². The first-order valence-electron chi connectivity index (χ1n) is 6.39. The second-order valence-electron chi connectivity index (χ2n) is 4.11. The number of hydrogen-bond donors (Lipinski definition) is 1. The van der Waals surface area contributed by atoms with Gasteiger partial charge in [0, 0.05) is 17.1 Å². The Morgan fingerprint density at radius 3 is 2.39 bits per heavy atom. The molecule has 3 nitrogen and oxygen atoms in total. The fourth-order valence-corrected chi connectivity index (χ4v) is 1.98. The summed E-state index contributed by atoms with van der Waals surface area (Å²) in [6.07, 6.45) is 0.818. The van der Waals surface area contributed by atoms with Crippen LogP contribution in [-0.4, -0.2) is 25.9 Å². The van der Waals surface area contributed by atoms with Crippen LogP contribution in [0.15, 0.2) is 28.7 Å². The lowest BCUT2D eigenvalue weighted by Crippen LogP contribution is -2.30. The van der Waals surface area contributed by atoms with Gasteiger partial charge in [0.1, 0.15) is 0 Å². The SMILES string of the molecule is CCOCCOC(c1ccc(Br)cc1)C(N)CC. The van der Waals surface area contributed by atoms with Gasteiger partial charge in [-0.15, -0.1) is 0 Å². The maximum absolute atomic E-state index is 6.12. The molecular formula is C14H22BrNO2. The highest BCUT2D eigenvalue weighted by Crippen LogP contribution is 2.23. The average Bonchev–Trinajstić information content (AvgIpc) is 2.39. The lowest BCUT2D eigenvalue weighted by Gasteiger charge is -2.24. The highest BCUT2D eigenvalue weighted by Gasteiger charge is 2.18. The van der Waals surface area contributed by atoms with E-state index in [1.807, 2.05) is 31.2 Å². The third-order valence-electron chi connectivity index (χ3n) is 2.79. The summed E-state index contributed by atoms with van der Waals surface area (Å²) in [5.41, 5.74) is 7.24. The molecule has 0 amide bonds. The summed E-state index contributed by atoms with van der Waals surface area (Å²) in [6, 6.07) is 8.12. The highest BCUT2D eigenvalue weighted by atomic mass is 79.9. The summed E-state index contributed by atoms with van der Waals surface area (Å²) in [7, 11) is 0. The molecule has 2 unspecified atom stereocenters. The largest absolute Gasteiger partial charge is 0.379 e. The van der Waals surface area contributed by atoms with E-state index in [2.05, 4.69) is 22.9 Å². The van der Waals surface area contributed by atoms with Crippen LogP contribution in [0.5, 0.6) is 0 Å². The number of benzene rings is 1. The number of halogens is 1. The van der Waals surface area contributed by atoms with Crippen molar-refractivity contribution in [1.82, 2.24) is 0 Å². The lowest BCUT2D eigenvalue weighted by molar-refractivity contribution is -0.00548. The third-order valence-corrected chi connectivity index (χ3v) is 3.32. The van der Waals surface area contributed by atoms with E-state index in [4.69, 9.17) is 15.2 Å². The predicted molar refractivity (Wildman–Crippen MR) is 77.6 cm³/mol. The minimum atomic E-state index is -0.0662. The minimum absolute atomic E-state index is 0.00722. The summed E-state index contributed by atoms with van der Waals surface area (Å²) in [5, 5.41) is 0. The number of rotatable bonds is 8. The third kappa shape index (κ3) is 5.06. The van der Waals surface area contributed by atoms with Crippen LogP contribution < -0.4 is 5.73 Å². The van der Waals surface area contributed by atoms with Crippen LogP contribution in [0.2, 0.25) is 0 Å². The molecule has 1 aromatic rings. The van der Waals surface area contributed by atoms with Crippen LogP contribution in [0.25, 0.3) is 0 Å². The van der Waals surface area contributed by atoms with Crippen molar-refractivity contribution in [2.45, 2.75) is 32.4 Å². The van der Waals surface area contributed by atoms with E-state index in [1.165, 1.54) is 0 Å². The number of hydrogen-bond acceptors (Lipinski definition) is 3. The molecule has 0 aliphatic rings. The average molecular weight is 316 g/mol. The van der Waals surface area contributed by atoms with Gasteiger partial charge in [0.2, 0.25) is 0 Å². The Bertz CT molecular complexity index is 329. The molecule has 1 aromatic carbocycles. The molecule has 0 aromatic heterocycles. The number of nitrogens with two attached hydrogens (primary N) is 1. The molecule has 2 N–H and O–H groups in total. The maximum Gasteiger partial charge on any atom is 0.0976 e. The van der Waals surface area contributed by atoms with Crippen LogP contribution in [0.4, 0.5) is 0 Å². The van der Waals surface area contributed by atoms with Crippen molar-refractivity contribution in [3.05, 3.63) is 34.3 Å². The molecule has 0 bridgehead atoms. The smallest absolute Gasteiger partial charge is 0.0976 e. The van der Waals surface area contributed by atoms with Gasteiger partial charge in [0.15, 0.2) is 0 Å². The number of ether oxygens (including phenoxy) is 2. The van der Waals surface area contributed by atoms with Gasteiger partial charge < -0.3 is 15.2 Å². The Labute approximate surface area is 118 Å². The van der Waals surface area contributed by atoms with Crippen LogP contribution in [0, 0.1) is 0 Å². The fraction of sp³-hybridized carbons (Fsp3) is 0.571. The van der Waals surface area contributed by atoms with E-state index in [9.17, 15) is 0 Å². The van der Waals surface area contributed by atoms with Crippen LogP contribution in [0.3, 0.4) is 0 Å². The molecule has 0 fully saturated rings. The molecule has 0 heterocycles. The van der Waals surface area contributed by atoms with Gasteiger partial charge >= 0.3 is 0 Å². The molecule has 0 radical (unpaired) electrons. The van der Waals surface area contributed by atoms with E-state index in [0.717, 1.165) is 16.5 Å². The van der Waals surface area contributed by atoms with Crippen molar-refractivity contribution >= 4 is 15.9 Å². The molecule has 0 saturated carbocycles. The molecule has 0 spiro atoms. The molecule has 0 saturated heterocycles. The maximum atomic E-state index is 6.12. The van der Waals surface area contributed by atoms with E-state index >= 15 is 0 Å². The quantitative estimate of drug-likeness (QED) is 0.749. The van der Waals surface area contributed by atoms with Crippen molar-refractivity contribution in [3.63, 3.8) is 0 Å². The molecule has 1 rings (SSSR count). The second kappa shape index (κ2) is 8.64. The molecule has 2 atom stereocenters. The van der Waals surface area contributed by atoms with Gasteiger partial charge in [-0.05, 0) is 31.0 Å². The first-order valence-corrected chi connectivity index (χ1v) is 7.18. The van der Waals surface area contributed by atoms with Crippen LogP contribution in [0.1, 0.15) is 31.9 Å². The van der Waals surface area contributed by atoms with E-state index < -0.39 is 0 Å². The molecule has 18 heavy (non-hydrogen) atoms. The summed E-state index contributed by atoms with van der Waals surface area (Å²) in [4.78, 5) is 0. The molecule has 4 heteroatoms. The minimum Gasteiger partial charge on any atom is -0.379 e. The summed E-state index contributed by atoms with van der Waals surface area (Å²) >= 11 is 3.43. The summed E-state index contributed by atoms with van der Waals surface area (Å²) in [5.74, 6) is 0. The fourth-order valence-electron chi connectivity index (χ4n) is 1.71. The van der Waals surface area contributed by atoms with Crippen molar-refractivity contribution < 1.29 is 9.47 Å². The van der Waals surface area contributed by atoms with Crippen molar-refractivity contribution in [3.8, 4) is 0 Å². The standard InChI is InChI=1S/C14H22BrNO2/c1-3-13(16)14(18-10-9-17-4-2)11-5-7-12(15)8-6-11/h5-8,13-14H,3-4,9-10,16H2,1-2H3. The first-order chi connectivity index (χ1) is 8.69. The Hall–Kier alpha value is -0.420. The molecule has 0 aliphatic heterocycles. The Kier molecular flexibility index (Phi) is 7.51. The first kappa shape index (κ1) is 15.6. The van der Waals surface area contributed by atoms with Crippen molar-refractivity contribution in [2.24, 2.45) is 5.73 Å². The molecular weight excluding hydrogens is 294 g/mol. The zero-order chi connectivity index (χ0) is 13.4. The molecule has 102 valence electrons. The highest BCUT2D eigenvalue weighted by molar-refractivity contribution is 9.10. The Morgan fingerprint density at radius 2 is 1.83 bits per heavy atom. The van der Waals surface area contributed by atoms with Gasteiger partial charge in [-0.25, -0.2) is 0 Å². The normalized spacial score (nSPS) is 14.4. The predicted octanol–water partition coefficient (Wildman–Crippen LogP) is 3.28.